The predicted octanol–water partition coefficient (Wildman–Crippen LogP) is 1.55. The van der Waals surface area contributed by atoms with Crippen LogP contribution in [0.2, 0.25) is 0 Å². The van der Waals surface area contributed by atoms with Crippen LogP contribution in [0.3, 0.4) is 0 Å². The lowest BCUT2D eigenvalue weighted by Gasteiger charge is -2.44. The number of hydrogen-bond acceptors (Lipinski definition) is 4. The fraction of sp³-hybridized carbons (Fsp3) is 0.438. The van der Waals surface area contributed by atoms with E-state index in [1.165, 1.54) is 11.1 Å². The van der Waals surface area contributed by atoms with E-state index in [-0.39, 0.29) is 18.1 Å². The van der Waals surface area contributed by atoms with E-state index in [0.717, 1.165) is 18.7 Å². The zero-order chi connectivity index (χ0) is 13.9. The molecule has 1 N–H and O–H groups in total. The number of ether oxygens (including phenoxy) is 1. The highest BCUT2D eigenvalue weighted by Gasteiger charge is 2.46. The summed E-state index contributed by atoms with van der Waals surface area (Å²) >= 11 is 0. The van der Waals surface area contributed by atoms with Gasteiger partial charge in [0.1, 0.15) is 6.10 Å². The van der Waals surface area contributed by atoms with Crippen LogP contribution in [-0.4, -0.2) is 34.7 Å². The van der Waals surface area contributed by atoms with Gasteiger partial charge in [0.15, 0.2) is 0 Å². The Balaban J connectivity index is 1.84. The highest BCUT2D eigenvalue weighted by molar-refractivity contribution is 5.93. The molecule has 0 unspecified atom stereocenters. The summed E-state index contributed by atoms with van der Waals surface area (Å²) in [5.41, 5.74) is 4.00. The first kappa shape index (κ1) is 12.0. The van der Waals surface area contributed by atoms with Gasteiger partial charge in [-0.25, -0.2) is 4.79 Å². The monoisotopic (exact) mass is 271 g/mol. The first-order valence-electron chi connectivity index (χ1n) is 7.14. The summed E-state index contributed by atoms with van der Waals surface area (Å²) in [6, 6.07) is 8.54. The van der Waals surface area contributed by atoms with Crippen LogP contribution in [0.5, 0.6) is 0 Å². The fourth-order valence-corrected chi connectivity index (χ4v) is 3.82. The van der Waals surface area contributed by atoms with Crippen LogP contribution in [0.15, 0.2) is 35.5 Å². The number of carbonyl (C=O) groups is 1. The van der Waals surface area contributed by atoms with Gasteiger partial charge in [-0.1, -0.05) is 24.3 Å². The largest absolute Gasteiger partial charge is 0.453 e. The second-order valence-corrected chi connectivity index (χ2v) is 5.76. The molecule has 4 nitrogen and oxygen atoms in total. The van der Waals surface area contributed by atoms with Crippen LogP contribution in [-0.2, 0) is 16.0 Å². The lowest BCUT2D eigenvalue weighted by Crippen LogP contribution is -2.43. The molecular formula is C16H17NO3. The molecule has 0 spiro atoms. The zero-order valence-electron chi connectivity index (χ0n) is 11.4. The minimum atomic E-state index is -0.713. The molecule has 0 radical (unpaired) electrons. The van der Waals surface area contributed by atoms with Crippen LogP contribution in [0.25, 0.3) is 0 Å². The van der Waals surface area contributed by atoms with Gasteiger partial charge >= 0.3 is 5.97 Å². The average molecular weight is 271 g/mol. The van der Waals surface area contributed by atoms with Gasteiger partial charge in [-0.15, -0.1) is 0 Å². The van der Waals surface area contributed by atoms with Gasteiger partial charge in [-0.05, 0) is 24.5 Å². The van der Waals surface area contributed by atoms with Crippen LogP contribution in [0, 0.1) is 0 Å². The smallest absolute Gasteiger partial charge is 0.339 e. The first-order chi connectivity index (χ1) is 9.66. The van der Waals surface area contributed by atoms with Gasteiger partial charge in [-0.3, -0.25) is 0 Å². The number of aliphatic hydroxyl groups excluding tert-OH is 1. The molecule has 0 aliphatic carbocycles. The summed E-state index contributed by atoms with van der Waals surface area (Å²) in [6.07, 6.45) is 0.577. The minimum absolute atomic E-state index is 0.158. The Morgan fingerprint density at radius 3 is 3.00 bits per heavy atom. The number of esters is 1. The van der Waals surface area contributed by atoms with Gasteiger partial charge in [0.25, 0.3) is 0 Å². The standard InChI is InChI=1S/C16H17NO3/c1-9-15-14(16(19)20-9)13(18)8-12-11-5-3-2-4-10(11)6-7-17(12)15/h2-5,9,12-13,18H,6-8H2,1H3/t9-,12+,13-/m1/s1. The van der Waals surface area contributed by atoms with E-state index in [9.17, 15) is 9.90 Å². The highest BCUT2D eigenvalue weighted by Crippen LogP contribution is 2.44. The molecular weight excluding hydrogens is 254 g/mol. The molecule has 4 rings (SSSR count). The van der Waals surface area contributed by atoms with Crippen molar-refractivity contribution in [2.24, 2.45) is 0 Å². The van der Waals surface area contributed by atoms with Gasteiger partial charge < -0.3 is 14.7 Å². The number of carbonyl (C=O) groups excluding carboxylic acids is 1. The van der Waals surface area contributed by atoms with Gasteiger partial charge in [0, 0.05) is 13.0 Å². The first-order valence-corrected chi connectivity index (χ1v) is 7.14. The van der Waals surface area contributed by atoms with E-state index >= 15 is 0 Å². The molecule has 0 saturated carbocycles. The topological polar surface area (TPSA) is 49.8 Å². The molecule has 1 aromatic rings. The van der Waals surface area contributed by atoms with Crippen LogP contribution in [0.1, 0.15) is 30.5 Å². The average Bonchev–Trinajstić information content (AvgIpc) is 2.75. The van der Waals surface area contributed by atoms with Crippen molar-refractivity contribution in [1.82, 2.24) is 4.90 Å². The molecule has 3 aliphatic heterocycles. The minimum Gasteiger partial charge on any atom is -0.453 e. The molecule has 3 heterocycles. The molecule has 3 atom stereocenters. The van der Waals surface area contributed by atoms with Crippen molar-refractivity contribution in [3.8, 4) is 0 Å². The van der Waals surface area contributed by atoms with Crippen molar-refractivity contribution in [1.29, 1.82) is 0 Å². The molecule has 0 fully saturated rings. The Bertz CT molecular complexity index is 622. The maximum atomic E-state index is 11.9. The summed E-state index contributed by atoms with van der Waals surface area (Å²) in [5, 5.41) is 10.3. The van der Waals surface area contributed by atoms with Crippen LogP contribution < -0.4 is 0 Å². The zero-order valence-corrected chi connectivity index (χ0v) is 11.4. The van der Waals surface area contributed by atoms with Gasteiger partial charge in [0.2, 0.25) is 0 Å². The maximum Gasteiger partial charge on any atom is 0.339 e. The summed E-state index contributed by atoms with van der Waals surface area (Å²) < 4.78 is 5.30. The number of cyclic esters (lactones) is 1. The van der Waals surface area contributed by atoms with Gasteiger partial charge in [0.05, 0.1) is 23.4 Å². The van der Waals surface area contributed by atoms with E-state index in [1.807, 2.05) is 13.0 Å². The highest BCUT2D eigenvalue weighted by atomic mass is 16.5. The summed E-state index contributed by atoms with van der Waals surface area (Å²) in [5.74, 6) is -0.350. The van der Waals surface area contributed by atoms with E-state index < -0.39 is 6.10 Å². The van der Waals surface area contributed by atoms with Crippen molar-refractivity contribution in [3.63, 3.8) is 0 Å². The van der Waals surface area contributed by atoms with Crippen molar-refractivity contribution in [2.75, 3.05) is 6.54 Å². The molecule has 1 aromatic carbocycles. The third-order valence-corrected chi connectivity index (χ3v) is 4.67. The quantitative estimate of drug-likeness (QED) is 0.727. The Kier molecular flexibility index (Phi) is 2.45. The number of fused-ring (bicyclic) bond motifs is 4. The normalized spacial score (nSPS) is 31.6. The SMILES string of the molecule is C[C@H]1OC(=O)C2=C1N1CCc3ccccc3[C@@H]1C[C@H]2O. The molecule has 0 amide bonds. The number of aliphatic hydroxyl groups is 1. The summed E-state index contributed by atoms with van der Waals surface area (Å²) in [6.45, 7) is 2.77. The number of benzene rings is 1. The molecule has 3 aliphatic rings. The Morgan fingerprint density at radius 1 is 1.35 bits per heavy atom. The summed E-state index contributed by atoms with van der Waals surface area (Å²) in [7, 11) is 0. The third-order valence-electron chi connectivity index (χ3n) is 4.67. The molecule has 4 heteroatoms. The van der Waals surface area contributed by atoms with Gasteiger partial charge in [-0.2, -0.15) is 0 Å². The van der Waals surface area contributed by atoms with E-state index in [1.54, 1.807) is 0 Å². The van der Waals surface area contributed by atoms with E-state index in [0.29, 0.717) is 12.0 Å². The number of nitrogens with zero attached hydrogens (tertiary/aromatic N) is 1. The lowest BCUT2D eigenvalue weighted by atomic mass is 9.83. The van der Waals surface area contributed by atoms with Crippen molar-refractivity contribution in [3.05, 3.63) is 46.7 Å². The number of hydrogen-bond donors (Lipinski definition) is 1. The molecule has 104 valence electrons. The van der Waals surface area contributed by atoms with Crippen molar-refractivity contribution < 1.29 is 14.6 Å². The van der Waals surface area contributed by atoms with E-state index in [2.05, 4.69) is 23.1 Å². The third kappa shape index (κ3) is 1.48. The molecule has 0 aromatic heterocycles. The van der Waals surface area contributed by atoms with E-state index in [4.69, 9.17) is 4.74 Å². The Hall–Kier alpha value is -1.81. The molecule has 0 bridgehead atoms. The lowest BCUT2D eigenvalue weighted by molar-refractivity contribution is -0.140. The van der Waals surface area contributed by atoms with Crippen molar-refractivity contribution in [2.45, 2.75) is 38.0 Å². The van der Waals surface area contributed by atoms with Crippen LogP contribution in [0.4, 0.5) is 0 Å². The summed E-state index contributed by atoms with van der Waals surface area (Å²) in [4.78, 5) is 14.1. The second-order valence-electron chi connectivity index (χ2n) is 5.76. The Morgan fingerprint density at radius 2 is 2.15 bits per heavy atom. The van der Waals surface area contributed by atoms with Crippen molar-refractivity contribution >= 4 is 5.97 Å². The maximum absolute atomic E-state index is 11.9. The molecule has 20 heavy (non-hydrogen) atoms. The van der Waals surface area contributed by atoms with Crippen LogP contribution >= 0.6 is 0 Å². The number of rotatable bonds is 0. The predicted molar refractivity (Wildman–Crippen MR) is 72.8 cm³/mol. The Labute approximate surface area is 117 Å². The molecule has 0 saturated heterocycles. The second kappa shape index (κ2) is 4.09. The fourth-order valence-electron chi connectivity index (χ4n) is 3.82.